The number of ether oxygens (including phenoxy) is 2. The lowest BCUT2D eigenvalue weighted by Crippen LogP contribution is -2.34. The number of pyridine rings is 1. The minimum absolute atomic E-state index is 0.000117. The largest absolute Gasteiger partial charge is 0.490 e. The second-order valence-corrected chi connectivity index (χ2v) is 7.66. The number of rotatable bonds is 6. The molecule has 178 valence electrons. The van der Waals surface area contributed by atoms with Crippen LogP contribution in [0.3, 0.4) is 0 Å². The molecule has 0 aliphatic carbocycles. The molecule has 1 aromatic heterocycles. The molecule has 0 radical (unpaired) electrons. The highest BCUT2D eigenvalue weighted by atomic mass is 19.4. The molecule has 3 aromatic rings. The fraction of sp³-hybridized carbons (Fsp3) is 0.250. The summed E-state index contributed by atoms with van der Waals surface area (Å²) in [5.74, 6) is 0.924. The number of halogens is 3. The Kier molecular flexibility index (Phi) is 7.17. The standard InChI is InChI=1S/C24H23F3N4O3/c25-24(26,27)21-15-17(3-6-22(21)34-20-9-13-29-14-10-20)31-23(32)30-16-1-4-18(5-2-16)33-19-7-11-28-12-8-19/h1-8,11-12,15,20,29H,9-10,13-14H2,(H2,30,31,32). The van der Waals surface area contributed by atoms with Crippen molar-refractivity contribution in [2.24, 2.45) is 0 Å². The maximum Gasteiger partial charge on any atom is 0.420 e. The summed E-state index contributed by atoms with van der Waals surface area (Å²) in [5.41, 5.74) is -0.483. The van der Waals surface area contributed by atoms with Gasteiger partial charge in [-0.25, -0.2) is 4.79 Å². The quantitative estimate of drug-likeness (QED) is 0.431. The molecule has 2 heterocycles. The van der Waals surface area contributed by atoms with Crippen LogP contribution in [0.4, 0.5) is 29.3 Å². The number of hydrogen-bond donors (Lipinski definition) is 3. The molecular weight excluding hydrogens is 449 g/mol. The average molecular weight is 472 g/mol. The molecule has 10 heteroatoms. The second-order valence-electron chi connectivity index (χ2n) is 7.66. The number of nitrogens with one attached hydrogen (secondary N) is 3. The van der Waals surface area contributed by atoms with Crippen molar-refractivity contribution in [1.82, 2.24) is 10.3 Å². The Bertz CT molecular complexity index is 1100. The van der Waals surface area contributed by atoms with Gasteiger partial charge in [0, 0.05) is 23.8 Å². The summed E-state index contributed by atoms with van der Waals surface area (Å²) < 4.78 is 52.1. The summed E-state index contributed by atoms with van der Waals surface area (Å²) in [6.45, 7) is 1.39. The number of carbonyl (C=O) groups excluding carboxylic acids is 1. The van der Waals surface area contributed by atoms with Crippen LogP contribution in [0.25, 0.3) is 0 Å². The van der Waals surface area contributed by atoms with Gasteiger partial charge >= 0.3 is 12.2 Å². The highest BCUT2D eigenvalue weighted by Crippen LogP contribution is 2.38. The number of anilines is 2. The summed E-state index contributed by atoms with van der Waals surface area (Å²) in [4.78, 5) is 16.3. The van der Waals surface area contributed by atoms with Gasteiger partial charge in [-0.2, -0.15) is 13.2 Å². The van der Waals surface area contributed by atoms with Crippen LogP contribution in [-0.2, 0) is 6.18 Å². The number of amides is 2. The van der Waals surface area contributed by atoms with E-state index in [4.69, 9.17) is 9.47 Å². The first-order valence-corrected chi connectivity index (χ1v) is 10.7. The number of alkyl halides is 3. The average Bonchev–Trinajstić information content (AvgIpc) is 2.82. The zero-order valence-electron chi connectivity index (χ0n) is 18.1. The Balaban J connectivity index is 1.39. The van der Waals surface area contributed by atoms with Crippen LogP contribution >= 0.6 is 0 Å². The predicted molar refractivity (Wildman–Crippen MR) is 121 cm³/mol. The van der Waals surface area contributed by atoms with Gasteiger partial charge in [-0.15, -0.1) is 0 Å². The third-order valence-corrected chi connectivity index (χ3v) is 5.12. The van der Waals surface area contributed by atoms with Gasteiger partial charge in [0.05, 0.1) is 5.56 Å². The van der Waals surface area contributed by atoms with Gasteiger partial charge < -0.3 is 25.4 Å². The summed E-state index contributed by atoms with van der Waals surface area (Å²) in [6, 6.07) is 12.8. The van der Waals surface area contributed by atoms with Crippen molar-refractivity contribution in [1.29, 1.82) is 0 Å². The number of piperidine rings is 1. The van der Waals surface area contributed by atoms with E-state index in [1.165, 1.54) is 12.1 Å². The fourth-order valence-electron chi connectivity index (χ4n) is 3.47. The maximum absolute atomic E-state index is 13.6. The SMILES string of the molecule is O=C(Nc1ccc(Oc2ccncc2)cc1)Nc1ccc(OC2CCNCC2)c(C(F)(F)F)c1. The lowest BCUT2D eigenvalue weighted by molar-refractivity contribution is -0.139. The van der Waals surface area contributed by atoms with E-state index in [1.54, 1.807) is 48.8 Å². The Morgan fingerprint density at radius 3 is 2.21 bits per heavy atom. The second kappa shape index (κ2) is 10.4. The molecule has 7 nitrogen and oxygen atoms in total. The van der Waals surface area contributed by atoms with E-state index in [9.17, 15) is 18.0 Å². The van der Waals surface area contributed by atoms with Crippen LogP contribution in [0.15, 0.2) is 67.0 Å². The van der Waals surface area contributed by atoms with Gasteiger partial charge in [0.1, 0.15) is 23.4 Å². The number of nitrogens with zero attached hydrogens (tertiary/aromatic N) is 1. The first-order chi connectivity index (χ1) is 16.4. The van der Waals surface area contributed by atoms with Crippen LogP contribution in [0.2, 0.25) is 0 Å². The molecule has 1 aliphatic rings. The van der Waals surface area contributed by atoms with Crippen LogP contribution in [0.5, 0.6) is 17.2 Å². The van der Waals surface area contributed by atoms with E-state index >= 15 is 0 Å². The topological polar surface area (TPSA) is 84.5 Å². The summed E-state index contributed by atoms with van der Waals surface area (Å²) in [7, 11) is 0. The molecule has 1 aliphatic heterocycles. The molecule has 0 bridgehead atoms. The molecular formula is C24H23F3N4O3. The number of carbonyl (C=O) groups is 1. The van der Waals surface area contributed by atoms with Crippen molar-refractivity contribution >= 4 is 17.4 Å². The number of urea groups is 1. The summed E-state index contributed by atoms with van der Waals surface area (Å²) in [6.07, 6.45) is -0.438. The molecule has 2 amide bonds. The first kappa shape index (κ1) is 23.4. The van der Waals surface area contributed by atoms with Crippen molar-refractivity contribution in [3.63, 3.8) is 0 Å². The van der Waals surface area contributed by atoms with E-state index in [-0.39, 0.29) is 17.5 Å². The van der Waals surface area contributed by atoms with Gasteiger partial charge in [0.15, 0.2) is 0 Å². The van der Waals surface area contributed by atoms with Crippen molar-refractivity contribution < 1.29 is 27.4 Å². The lowest BCUT2D eigenvalue weighted by atomic mass is 10.1. The molecule has 4 rings (SSSR count). The summed E-state index contributed by atoms with van der Waals surface area (Å²) >= 11 is 0. The van der Waals surface area contributed by atoms with E-state index < -0.39 is 17.8 Å². The minimum atomic E-state index is -4.62. The van der Waals surface area contributed by atoms with Crippen molar-refractivity contribution in [2.75, 3.05) is 23.7 Å². The molecule has 0 unspecified atom stereocenters. The third kappa shape index (κ3) is 6.38. The number of benzene rings is 2. The molecule has 3 N–H and O–H groups in total. The Morgan fingerprint density at radius 1 is 0.912 bits per heavy atom. The van der Waals surface area contributed by atoms with Gasteiger partial charge in [0.2, 0.25) is 0 Å². The lowest BCUT2D eigenvalue weighted by Gasteiger charge is -2.25. The Hall–Kier alpha value is -3.79. The Labute approximate surface area is 194 Å². The molecule has 0 saturated carbocycles. The van der Waals surface area contributed by atoms with E-state index in [1.807, 2.05) is 0 Å². The number of aromatic nitrogens is 1. The summed E-state index contributed by atoms with van der Waals surface area (Å²) in [5, 5.41) is 8.16. The highest BCUT2D eigenvalue weighted by molar-refractivity contribution is 5.99. The van der Waals surface area contributed by atoms with Crippen molar-refractivity contribution in [3.8, 4) is 17.2 Å². The predicted octanol–water partition coefficient (Wildman–Crippen LogP) is 5.67. The molecule has 0 atom stereocenters. The molecule has 1 fully saturated rings. The third-order valence-electron chi connectivity index (χ3n) is 5.12. The highest BCUT2D eigenvalue weighted by Gasteiger charge is 2.35. The van der Waals surface area contributed by atoms with Gasteiger partial charge in [0.25, 0.3) is 0 Å². The Morgan fingerprint density at radius 2 is 1.53 bits per heavy atom. The van der Waals surface area contributed by atoms with Crippen LogP contribution in [0, 0.1) is 0 Å². The monoisotopic (exact) mass is 472 g/mol. The minimum Gasteiger partial charge on any atom is -0.490 e. The zero-order chi connectivity index (χ0) is 24.0. The van der Waals surface area contributed by atoms with Crippen LogP contribution < -0.4 is 25.4 Å². The first-order valence-electron chi connectivity index (χ1n) is 10.7. The molecule has 1 saturated heterocycles. The maximum atomic E-state index is 13.6. The van der Waals surface area contributed by atoms with Crippen molar-refractivity contribution in [2.45, 2.75) is 25.1 Å². The molecule has 0 spiro atoms. The zero-order valence-corrected chi connectivity index (χ0v) is 18.1. The van der Waals surface area contributed by atoms with E-state index in [0.29, 0.717) is 43.1 Å². The van der Waals surface area contributed by atoms with E-state index in [2.05, 4.69) is 20.9 Å². The van der Waals surface area contributed by atoms with Crippen molar-refractivity contribution in [3.05, 3.63) is 72.6 Å². The van der Waals surface area contributed by atoms with E-state index in [0.717, 1.165) is 6.07 Å². The van der Waals surface area contributed by atoms with Gasteiger partial charge in [-0.1, -0.05) is 0 Å². The number of hydrogen-bond acceptors (Lipinski definition) is 5. The smallest absolute Gasteiger partial charge is 0.420 e. The normalized spacial score (nSPS) is 14.3. The molecule has 2 aromatic carbocycles. The van der Waals surface area contributed by atoms with Crippen LogP contribution in [0.1, 0.15) is 18.4 Å². The fourth-order valence-corrected chi connectivity index (χ4v) is 3.47. The van der Waals surface area contributed by atoms with Gasteiger partial charge in [-0.3, -0.25) is 4.98 Å². The molecule has 34 heavy (non-hydrogen) atoms. The van der Waals surface area contributed by atoms with Crippen LogP contribution in [-0.4, -0.2) is 30.2 Å². The van der Waals surface area contributed by atoms with Gasteiger partial charge in [-0.05, 0) is 80.5 Å².